The van der Waals surface area contributed by atoms with Crippen LogP contribution in [0.25, 0.3) is 0 Å². The first-order chi connectivity index (χ1) is 3.11. The van der Waals surface area contributed by atoms with Gasteiger partial charge in [0.15, 0.2) is 5.79 Å². The minimum Gasteiger partial charge on any atom is -0.367 e. The zero-order valence-electron chi connectivity index (χ0n) is 4.09. The summed E-state index contributed by atoms with van der Waals surface area (Å²) in [5.74, 6) is -1.61. The van der Waals surface area contributed by atoms with Crippen molar-refractivity contribution in [3.63, 3.8) is 0 Å². The fourth-order valence-electron chi connectivity index (χ4n) is 0.364. The molecule has 1 fully saturated rings. The van der Waals surface area contributed by atoms with E-state index in [1.807, 2.05) is 0 Å². The Labute approximate surface area is 41.5 Å². The summed E-state index contributed by atoms with van der Waals surface area (Å²) in [7, 11) is 0. The van der Waals surface area contributed by atoms with Gasteiger partial charge in [-0.3, -0.25) is 0 Å². The molecule has 42 valence electrons. The summed E-state index contributed by atoms with van der Waals surface area (Å²) in [6.07, 6.45) is -0.340. The van der Waals surface area contributed by atoms with Gasteiger partial charge in [0, 0.05) is 0 Å². The molecule has 1 unspecified atom stereocenters. The highest BCUT2D eigenvalue weighted by Crippen LogP contribution is 2.20. The first-order valence-electron chi connectivity index (χ1n) is 2.17. The van der Waals surface area contributed by atoms with Gasteiger partial charge < -0.3 is 14.9 Å². The van der Waals surface area contributed by atoms with Crippen LogP contribution in [0.5, 0.6) is 0 Å². The lowest BCUT2D eigenvalue weighted by molar-refractivity contribution is -0.159. The second kappa shape index (κ2) is 1.18. The number of ether oxygens (including phenoxy) is 1. The van der Waals surface area contributed by atoms with Gasteiger partial charge in [0.05, 0.1) is 6.61 Å². The molecule has 1 atom stereocenters. The van der Waals surface area contributed by atoms with Crippen molar-refractivity contribution in [3.05, 3.63) is 0 Å². The van der Waals surface area contributed by atoms with Crippen LogP contribution >= 0.6 is 0 Å². The van der Waals surface area contributed by atoms with Crippen molar-refractivity contribution < 1.29 is 14.9 Å². The van der Waals surface area contributed by atoms with E-state index < -0.39 is 5.79 Å². The molecule has 1 saturated heterocycles. The summed E-state index contributed by atoms with van der Waals surface area (Å²) in [6, 6.07) is 0. The summed E-state index contributed by atoms with van der Waals surface area (Å²) in [4.78, 5) is 0. The first kappa shape index (κ1) is 5.03. The van der Waals surface area contributed by atoms with Gasteiger partial charge >= 0.3 is 0 Å². The van der Waals surface area contributed by atoms with Gasteiger partial charge in [-0.2, -0.15) is 0 Å². The second-order valence-corrected chi connectivity index (χ2v) is 1.92. The molecule has 0 radical (unpaired) electrons. The Morgan fingerprint density at radius 1 is 1.71 bits per heavy atom. The molecular formula is C4H8O3. The maximum absolute atomic E-state index is 8.59. The Morgan fingerprint density at radius 2 is 2.14 bits per heavy atom. The highest BCUT2D eigenvalue weighted by molar-refractivity contribution is 4.80. The lowest BCUT2D eigenvalue weighted by Crippen LogP contribution is -2.30. The summed E-state index contributed by atoms with van der Waals surface area (Å²) in [5, 5.41) is 17.2. The van der Waals surface area contributed by atoms with Gasteiger partial charge in [-0.05, 0) is 6.92 Å². The van der Waals surface area contributed by atoms with Crippen LogP contribution in [-0.2, 0) is 4.74 Å². The standard InChI is InChI=1S/C4H8O3/c1-4(5,6)3-2-7-3/h3,5-6H,2H2,1H3. The largest absolute Gasteiger partial charge is 0.367 e. The highest BCUT2D eigenvalue weighted by atomic mass is 16.6. The van der Waals surface area contributed by atoms with Gasteiger partial charge in [-0.15, -0.1) is 0 Å². The topological polar surface area (TPSA) is 53.0 Å². The van der Waals surface area contributed by atoms with Crippen LogP contribution in [0.4, 0.5) is 0 Å². The van der Waals surface area contributed by atoms with Crippen molar-refractivity contribution in [1.29, 1.82) is 0 Å². The lowest BCUT2D eigenvalue weighted by Gasteiger charge is -2.09. The van der Waals surface area contributed by atoms with Gasteiger partial charge in [-0.25, -0.2) is 0 Å². The van der Waals surface area contributed by atoms with E-state index in [9.17, 15) is 0 Å². The van der Waals surface area contributed by atoms with E-state index in [4.69, 9.17) is 10.2 Å². The fraction of sp³-hybridized carbons (Fsp3) is 1.00. The predicted octanol–water partition coefficient (Wildman–Crippen LogP) is -0.914. The number of hydrogen-bond acceptors (Lipinski definition) is 3. The van der Waals surface area contributed by atoms with Crippen molar-refractivity contribution in [1.82, 2.24) is 0 Å². The van der Waals surface area contributed by atoms with Crippen LogP contribution in [0.1, 0.15) is 6.92 Å². The molecule has 0 amide bonds. The molecule has 1 rings (SSSR count). The molecule has 7 heavy (non-hydrogen) atoms. The Balaban J connectivity index is 2.36. The third-order valence-corrected chi connectivity index (χ3v) is 0.943. The van der Waals surface area contributed by atoms with Crippen molar-refractivity contribution in [2.75, 3.05) is 6.61 Å². The molecular weight excluding hydrogens is 96.0 g/mol. The maximum atomic E-state index is 8.59. The maximum Gasteiger partial charge on any atom is 0.189 e. The van der Waals surface area contributed by atoms with Crippen molar-refractivity contribution in [3.8, 4) is 0 Å². The van der Waals surface area contributed by atoms with E-state index in [-0.39, 0.29) is 6.10 Å². The SMILES string of the molecule is CC(O)(O)C1CO1. The molecule has 2 N–H and O–H groups in total. The molecule has 3 nitrogen and oxygen atoms in total. The van der Waals surface area contributed by atoms with Gasteiger partial charge in [0.25, 0.3) is 0 Å². The van der Waals surface area contributed by atoms with Crippen LogP contribution in [0, 0.1) is 0 Å². The number of epoxide rings is 1. The summed E-state index contributed by atoms with van der Waals surface area (Å²) >= 11 is 0. The van der Waals surface area contributed by atoms with Gasteiger partial charge in [0.1, 0.15) is 6.10 Å². The molecule has 0 aliphatic carbocycles. The quantitative estimate of drug-likeness (QED) is 0.334. The van der Waals surface area contributed by atoms with E-state index >= 15 is 0 Å². The third-order valence-electron chi connectivity index (χ3n) is 0.943. The molecule has 0 saturated carbocycles. The Bertz CT molecular complexity index is 69.5. The highest BCUT2D eigenvalue weighted by Gasteiger charge is 2.39. The van der Waals surface area contributed by atoms with Gasteiger partial charge in [-0.1, -0.05) is 0 Å². The average molecular weight is 104 g/mol. The van der Waals surface area contributed by atoms with E-state index in [2.05, 4.69) is 4.74 Å². The average Bonchev–Trinajstić information content (AvgIpc) is 1.99. The van der Waals surface area contributed by atoms with E-state index in [0.717, 1.165) is 0 Å². The van der Waals surface area contributed by atoms with E-state index in [0.29, 0.717) is 6.61 Å². The molecule has 1 aliphatic heterocycles. The molecule has 0 aromatic carbocycles. The summed E-state index contributed by atoms with van der Waals surface area (Å²) in [5.41, 5.74) is 0. The molecule has 1 heterocycles. The Kier molecular flexibility index (Phi) is 0.849. The minimum absolute atomic E-state index is 0.340. The summed E-state index contributed by atoms with van der Waals surface area (Å²) in [6.45, 7) is 1.79. The monoisotopic (exact) mass is 104 g/mol. The van der Waals surface area contributed by atoms with Crippen LogP contribution < -0.4 is 0 Å². The molecule has 0 spiro atoms. The zero-order valence-corrected chi connectivity index (χ0v) is 4.09. The van der Waals surface area contributed by atoms with Crippen LogP contribution in [0.15, 0.2) is 0 Å². The predicted molar refractivity (Wildman–Crippen MR) is 22.6 cm³/mol. The summed E-state index contributed by atoms with van der Waals surface area (Å²) < 4.78 is 4.57. The van der Waals surface area contributed by atoms with Crippen molar-refractivity contribution in [2.45, 2.75) is 18.8 Å². The number of rotatable bonds is 1. The van der Waals surface area contributed by atoms with Crippen molar-refractivity contribution >= 4 is 0 Å². The van der Waals surface area contributed by atoms with E-state index in [1.54, 1.807) is 0 Å². The number of aliphatic hydroxyl groups is 2. The number of hydrogen-bond donors (Lipinski definition) is 2. The normalized spacial score (nSPS) is 30.4. The van der Waals surface area contributed by atoms with Crippen LogP contribution in [-0.4, -0.2) is 28.7 Å². The van der Waals surface area contributed by atoms with Gasteiger partial charge in [0.2, 0.25) is 0 Å². The Hall–Kier alpha value is -0.120. The van der Waals surface area contributed by atoms with E-state index in [1.165, 1.54) is 6.92 Å². The third kappa shape index (κ3) is 1.12. The first-order valence-corrected chi connectivity index (χ1v) is 2.17. The minimum atomic E-state index is -1.61. The molecule has 0 aromatic heterocycles. The Morgan fingerprint density at radius 3 is 2.14 bits per heavy atom. The zero-order chi connectivity index (χ0) is 5.49. The molecule has 0 aromatic rings. The van der Waals surface area contributed by atoms with Crippen LogP contribution in [0.2, 0.25) is 0 Å². The second-order valence-electron chi connectivity index (χ2n) is 1.92. The molecule has 0 bridgehead atoms. The van der Waals surface area contributed by atoms with Crippen molar-refractivity contribution in [2.24, 2.45) is 0 Å². The lowest BCUT2D eigenvalue weighted by atomic mass is 10.2. The molecule has 3 heteroatoms. The fourth-order valence-corrected chi connectivity index (χ4v) is 0.364. The smallest absolute Gasteiger partial charge is 0.189 e. The molecule has 1 aliphatic rings. The van der Waals surface area contributed by atoms with Crippen LogP contribution in [0.3, 0.4) is 0 Å².